The number of carbonyl (C=O) groups is 1. The average molecular weight is 325 g/mol. The predicted octanol–water partition coefficient (Wildman–Crippen LogP) is 4.59. The molecule has 0 saturated carbocycles. The lowest BCUT2D eigenvalue weighted by molar-refractivity contribution is 0.0636. The predicted molar refractivity (Wildman–Crippen MR) is 69.0 cm³/mol. The summed E-state index contributed by atoms with van der Waals surface area (Å²) in [6.45, 7) is 5.20. The zero-order chi connectivity index (χ0) is 13.2. The van der Waals surface area contributed by atoms with Crippen molar-refractivity contribution in [2.24, 2.45) is 0 Å². The minimum absolute atomic E-state index is 0.162. The summed E-state index contributed by atoms with van der Waals surface area (Å²) in [5, 5.41) is 2.22. The number of amides is 1. The van der Waals surface area contributed by atoms with Crippen molar-refractivity contribution >= 4 is 39.3 Å². The van der Waals surface area contributed by atoms with E-state index in [0.29, 0.717) is 0 Å². The lowest BCUT2D eigenvalue weighted by Gasteiger charge is -2.20. The Bertz CT molecular complexity index is 446. The van der Waals surface area contributed by atoms with Gasteiger partial charge in [-0.1, -0.05) is 11.6 Å². The monoisotopic (exact) mass is 323 g/mol. The number of halogens is 3. The van der Waals surface area contributed by atoms with Crippen LogP contribution in [0.5, 0.6) is 0 Å². The molecule has 0 bridgehead atoms. The second kappa shape index (κ2) is 5.23. The van der Waals surface area contributed by atoms with Crippen molar-refractivity contribution in [3.63, 3.8) is 0 Å². The summed E-state index contributed by atoms with van der Waals surface area (Å²) >= 11 is 8.73. The number of benzene rings is 1. The van der Waals surface area contributed by atoms with Gasteiger partial charge in [-0.05, 0) is 48.8 Å². The number of hydrogen-bond donors (Lipinski definition) is 1. The van der Waals surface area contributed by atoms with Gasteiger partial charge in [0.05, 0.1) is 10.2 Å². The van der Waals surface area contributed by atoms with Gasteiger partial charge in [0, 0.05) is 0 Å². The van der Waals surface area contributed by atoms with Gasteiger partial charge in [0.1, 0.15) is 10.6 Å². The molecule has 3 nitrogen and oxygen atoms in total. The van der Waals surface area contributed by atoms with E-state index in [2.05, 4.69) is 21.2 Å². The van der Waals surface area contributed by atoms with E-state index in [-0.39, 0.29) is 15.2 Å². The van der Waals surface area contributed by atoms with E-state index >= 15 is 0 Å². The minimum Gasteiger partial charge on any atom is -0.444 e. The van der Waals surface area contributed by atoms with Crippen LogP contribution in [0, 0.1) is 5.82 Å². The van der Waals surface area contributed by atoms with Crippen LogP contribution in [0.15, 0.2) is 16.6 Å². The number of carbonyl (C=O) groups excluding carboxylic acids is 1. The number of hydrogen-bond acceptors (Lipinski definition) is 2. The van der Waals surface area contributed by atoms with Crippen LogP contribution in [0.2, 0.25) is 5.02 Å². The fourth-order valence-electron chi connectivity index (χ4n) is 1.04. The van der Waals surface area contributed by atoms with Crippen LogP contribution in [0.1, 0.15) is 20.8 Å². The summed E-state index contributed by atoms with van der Waals surface area (Å²) in [6, 6.07) is 2.94. The first-order valence-electron chi connectivity index (χ1n) is 4.84. The fraction of sp³-hybridized carbons (Fsp3) is 0.364. The highest BCUT2D eigenvalue weighted by atomic mass is 79.9. The van der Waals surface area contributed by atoms with Crippen molar-refractivity contribution in [3.8, 4) is 0 Å². The van der Waals surface area contributed by atoms with Gasteiger partial charge >= 0.3 is 6.09 Å². The van der Waals surface area contributed by atoms with Crippen LogP contribution in [-0.4, -0.2) is 11.7 Å². The van der Waals surface area contributed by atoms with E-state index in [0.717, 1.165) is 0 Å². The molecule has 0 spiro atoms. The first-order valence-corrected chi connectivity index (χ1v) is 6.01. The maximum atomic E-state index is 13.4. The Labute approximate surface area is 112 Å². The first-order chi connectivity index (χ1) is 7.70. The van der Waals surface area contributed by atoms with Crippen LogP contribution >= 0.6 is 27.5 Å². The molecule has 0 aliphatic carbocycles. The van der Waals surface area contributed by atoms with Crippen molar-refractivity contribution in [1.29, 1.82) is 0 Å². The molecular formula is C11H12BrClFNO2. The van der Waals surface area contributed by atoms with Gasteiger partial charge in [-0.2, -0.15) is 0 Å². The molecule has 0 saturated heterocycles. The Kier molecular flexibility index (Phi) is 4.38. The Morgan fingerprint density at radius 3 is 2.59 bits per heavy atom. The zero-order valence-electron chi connectivity index (χ0n) is 9.61. The van der Waals surface area contributed by atoms with Gasteiger partial charge in [-0.25, -0.2) is 9.18 Å². The maximum absolute atomic E-state index is 13.4. The van der Waals surface area contributed by atoms with E-state index in [1.807, 2.05) is 0 Å². The molecule has 0 atom stereocenters. The van der Waals surface area contributed by atoms with Gasteiger partial charge in [0.2, 0.25) is 0 Å². The third-order valence-corrected chi connectivity index (χ3v) is 2.65. The molecule has 6 heteroatoms. The molecule has 0 radical (unpaired) electrons. The summed E-state index contributed by atoms with van der Waals surface area (Å²) in [7, 11) is 0. The number of nitrogens with one attached hydrogen (secondary N) is 1. The fourth-order valence-corrected chi connectivity index (χ4v) is 1.69. The normalized spacial score (nSPS) is 11.2. The van der Waals surface area contributed by atoms with Gasteiger partial charge in [0.15, 0.2) is 5.82 Å². The molecular weight excluding hydrogens is 312 g/mol. The second-order valence-corrected chi connectivity index (χ2v) is 5.58. The van der Waals surface area contributed by atoms with Gasteiger partial charge in [-0.3, -0.25) is 5.32 Å². The summed E-state index contributed by atoms with van der Waals surface area (Å²) in [5.41, 5.74) is -0.452. The quantitative estimate of drug-likeness (QED) is 0.767. The Balaban J connectivity index is 2.83. The van der Waals surface area contributed by atoms with E-state index in [4.69, 9.17) is 16.3 Å². The molecule has 0 heterocycles. The Hall–Kier alpha value is -0.810. The highest BCUT2D eigenvalue weighted by molar-refractivity contribution is 9.10. The van der Waals surface area contributed by atoms with Crippen LogP contribution in [0.3, 0.4) is 0 Å². The standard InChI is InChI=1S/C11H12BrClFNO2/c1-11(2,3)17-10(16)15-7-5-4-6(12)9(14)8(7)13/h4-5H,1-3H3,(H,15,16). The largest absolute Gasteiger partial charge is 0.444 e. The molecule has 94 valence electrons. The SMILES string of the molecule is CC(C)(C)OC(=O)Nc1ccc(Br)c(F)c1Cl. The van der Waals surface area contributed by atoms with Crippen LogP contribution in [0.4, 0.5) is 14.9 Å². The zero-order valence-corrected chi connectivity index (χ0v) is 11.9. The lowest BCUT2D eigenvalue weighted by Crippen LogP contribution is -2.27. The molecule has 0 aromatic heterocycles. The van der Waals surface area contributed by atoms with E-state index in [9.17, 15) is 9.18 Å². The Morgan fingerprint density at radius 1 is 1.47 bits per heavy atom. The molecule has 17 heavy (non-hydrogen) atoms. The highest BCUT2D eigenvalue weighted by Crippen LogP contribution is 2.30. The topological polar surface area (TPSA) is 38.3 Å². The molecule has 1 aromatic rings. The summed E-state index contributed by atoms with van der Waals surface area (Å²) < 4.78 is 18.7. The molecule has 0 fully saturated rings. The maximum Gasteiger partial charge on any atom is 0.412 e. The summed E-state index contributed by atoms with van der Waals surface area (Å²) in [6.07, 6.45) is -0.680. The third-order valence-electron chi connectivity index (χ3n) is 1.67. The molecule has 1 amide bonds. The number of anilines is 1. The number of rotatable bonds is 1. The summed E-state index contributed by atoms with van der Waals surface area (Å²) in [4.78, 5) is 11.5. The smallest absolute Gasteiger partial charge is 0.412 e. The van der Waals surface area contributed by atoms with Crippen LogP contribution in [-0.2, 0) is 4.74 Å². The third kappa shape index (κ3) is 4.16. The molecule has 0 aliphatic rings. The van der Waals surface area contributed by atoms with Crippen LogP contribution < -0.4 is 5.32 Å². The van der Waals surface area contributed by atoms with Crippen molar-refractivity contribution in [2.75, 3.05) is 5.32 Å². The second-order valence-electron chi connectivity index (χ2n) is 4.35. The van der Waals surface area contributed by atoms with Crippen molar-refractivity contribution < 1.29 is 13.9 Å². The average Bonchev–Trinajstić information content (AvgIpc) is 2.16. The number of ether oxygens (including phenoxy) is 1. The molecule has 0 unspecified atom stereocenters. The molecule has 1 rings (SSSR count). The lowest BCUT2D eigenvalue weighted by atomic mass is 10.2. The molecule has 1 aromatic carbocycles. The van der Waals surface area contributed by atoms with Crippen molar-refractivity contribution in [2.45, 2.75) is 26.4 Å². The summed E-state index contributed by atoms with van der Waals surface area (Å²) in [5.74, 6) is -0.625. The Morgan fingerprint density at radius 2 is 2.06 bits per heavy atom. The van der Waals surface area contributed by atoms with E-state index < -0.39 is 17.5 Å². The van der Waals surface area contributed by atoms with E-state index in [1.165, 1.54) is 12.1 Å². The van der Waals surface area contributed by atoms with Crippen molar-refractivity contribution in [1.82, 2.24) is 0 Å². The van der Waals surface area contributed by atoms with Gasteiger partial charge in [-0.15, -0.1) is 0 Å². The van der Waals surface area contributed by atoms with E-state index in [1.54, 1.807) is 20.8 Å². The molecule has 0 aliphatic heterocycles. The highest BCUT2D eigenvalue weighted by Gasteiger charge is 2.18. The van der Waals surface area contributed by atoms with Crippen LogP contribution in [0.25, 0.3) is 0 Å². The molecule has 1 N–H and O–H groups in total. The van der Waals surface area contributed by atoms with Gasteiger partial charge < -0.3 is 4.74 Å². The van der Waals surface area contributed by atoms with Crippen molar-refractivity contribution in [3.05, 3.63) is 27.4 Å². The first kappa shape index (κ1) is 14.3. The van der Waals surface area contributed by atoms with Gasteiger partial charge in [0.25, 0.3) is 0 Å². The minimum atomic E-state index is -0.680.